The van der Waals surface area contributed by atoms with Crippen molar-refractivity contribution in [3.05, 3.63) is 41.6 Å². The smallest absolute Gasteiger partial charge is 0.253 e. The first-order valence-corrected chi connectivity index (χ1v) is 16.0. The summed E-state index contributed by atoms with van der Waals surface area (Å²) < 4.78 is 37.3. The van der Waals surface area contributed by atoms with Gasteiger partial charge < -0.3 is 14.6 Å². The molecule has 1 saturated carbocycles. The van der Waals surface area contributed by atoms with Gasteiger partial charge >= 0.3 is 0 Å². The first kappa shape index (κ1) is 29.8. The zero-order valence-electron chi connectivity index (χ0n) is 24.6. The Morgan fingerprint density at radius 3 is 2.26 bits per heavy atom. The Morgan fingerprint density at radius 1 is 0.974 bits per heavy atom. The topological polar surface area (TPSA) is 89.4 Å². The van der Waals surface area contributed by atoms with Crippen molar-refractivity contribution in [1.82, 2.24) is 14.6 Å². The summed E-state index contributed by atoms with van der Waals surface area (Å²) in [6, 6.07) is 7.72. The summed E-state index contributed by atoms with van der Waals surface area (Å²) in [5, 5.41) is 3.20. The molecule has 8 heteroatoms. The molecule has 0 radical (unpaired) electrons. The van der Waals surface area contributed by atoms with E-state index in [1.54, 1.807) is 6.07 Å². The third kappa shape index (κ3) is 7.74. The van der Waals surface area contributed by atoms with E-state index in [1.807, 2.05) is 65.9 Å². The van der Waals surface area contributed by atoms with Crippen LogP contribution < -0.4 is 10.0 Å². The molecule has 0 unspecified atom stereocenters. The fraction of sp³-hybridized carbons (Fsp3) is 0.645. The monoisotopic (exact) mass is 557 g/mol. The second kappa shape index (κ2) is 11.8. The lowest BCUT2D eigenvalue weighted by molar-refractivity contribution is 0.0696. The number of carbonyl (C=O) groups is 1. The van der Waals surface area contributed by atoms with E-state index in [-0.39, 0.29) is 11.9 Å². The van der Waals surface area contributed by atoms with E-state index in [0.29, 0.717) is 29.6 Å². The van der Waals surface area contributed by atoms with Crippen molar-refractivity contribution in [2.75, 3.05) is 13.2 Å². The van der Waals surface area contributed by atoms with E-state index in [1.165, 1.54) is 32.1 Å². The molecule has 2 fully saturated rings. The molecule has 7 nitrogen and oxygen atoms in total. The van der Waals surface area contributed by atoms with Gasteiger partial charge in [-0.1, -0.05) is 46.1 Å². The molecule has 2 aliphatic rings. The van der Waals surface area contributed by atoms with Gasteiger partial charge in [-0.25, -0.2) is 13.1 Å². The average molecular weight is 558 g/mol. The van der Waals surface area contributed by atoms with Gasteiger partial charge in [-0.05, 0) is 87.1 Å². The Kier molecular flexibility index (Phi) is 8.98. The van der Waals surface area contributed by atoms with Crippen molar-refractivity contribution in [2.45, 2.75) is 115 Å². The fourth-order valence-electron chi connectivity index (χ4n) is 5.76. The van der Waals surface area contributed by atoms with Crippen LogP contribution in [0.15, 0.2) is 35.4 Å². The quantitative estimate of drug-likeness (QED) is 0.436. The normalized spacial score (nSPS) is 18.3. The van der Waals surface area contributed by atoms with Crippen molar-refractivity contribution >= 4 is 15.9 Å². The van der Waals surface area contributed by atoms with Crippen molar-refractivity contribution < 1.29 is 17.9 Å². The number of aromatic nitrogens is 1. The number of sulfonamides is 1. The lowest BCUT2D eigenvalue weighted by Crippen LogP contribution is -2.41. The number of ether oxygens (including phenoxy) is 1. The molecule has 1 amide bonds. The summed E-state index contributed by atoms with van der Waals surface area (Å²) >= 11 is 0. The van der Waals surface area contributed by atoms with Crippen molar-refractivity contribution in [3.8, 4) is 11.3 Å². The Morgan fingerprint density at radius 2 is 1.64 bits per heavy atom. The van der Waals surface area contributed by atoms with Crippen LogP contribution >= 0.6 is 0 Å². The summed E-state index contributed by atoms with van der Waals surface area (Å²) in [6.07, 6.45) is 9.83. The number of amides is 1. The SMILES string of the molecule is CC(C)(C)NS(=O)(=O)c1ccc(-c2cc(C(=O)NC3CCOCC3)cn2CC2CCCCC2)cc1C(C)(C)C. The van der Waals surface area contributed by atoms with Crippen LogP contribution in [0.3, 0.4) is 0 Å². The lowest BCUT2D eigenvalue weighted by Gasteiger charge is -2.27. The summed E-state index contributed by atoms with van der Waals surface area (Å²) in [5.74, 6) is 0.518. The minimum atomic E-state index is -3.72. The van der Waals surface area contributed by atoms with Crippen LogP contribution in [0.4, 0.5) is 0 Å². The minimum absolute atomic E-state index is 0.0600. The molecule has 1 aromatic carbocycles. The summed E-state index contributed by atoms with van der Waals surface area (Å²) in [7, 11) is -3.72. The molecule has 4 rings (SSSR count). The van der Waals surface area contributed by atoms with Crippen molar-refractivity contribution in [2.24, 2.45) is 5.92 Å². The number of hydrogen-bond donors (Lipinski definition) is 2. The lowest BCUT2D eigenvalue weighted by atomic mass is 9.85. The standard InChI is InChI=1S/C31H47N3O4S/c1-30(2,3)26-18-23(12-13-28(26)39(36,37)33-31(4,5)6)27-19-24(29(35)32-25-14-16-38-17-15-25)21-34(27)20-22-10-8-7-9-11-22/h12-13,18-19,21-22,25,33H,7-11,14-17,20H2,1-6H3,(H,32,35). The van der Waals surface area contributed by atoms with Gasteiger partial charge in [0.1, 0.15) is 0 Å². The maximum absolute atomic E-state index is 13.4. The van der Waals surface area contributed by atoms with Crippen LogP contribution in [-0.4, -0.2) is 43.7 Å². The molecule has 39 heavy (non-hydrogen) atoms. The van der Waals surface area contributed by atoms with E-state index in [0.717, 1.165) is 36.2 Å². The predicted molar refractivity (Wildman–Crippen MR) is 157 cm³/mol. The highest BCUT2D eigenvalue weighted by Gasteiger charge is 2.30. The van der Waals surface area contributed by atoms with Gasteiger partial charge in [0.05, 0.1) is 10.5 Å². The Hall–Kier alpha value is -2.16. The van der Waals surface area contributed by atoms with Gasteiger partial charge in [-0.3, -0.25) is 4.79 Å². The summed E-state index contributed by atoms with van der Waals surface area (Å²) in [4.78, 5) is 13.6. The van der Waals surface area contributed by atoms with Gasteiger partial charge in [0, 0.05) is 43.2 Å². The highest BCUT2D eigenvalue weighted by Crippen LogP contribution is 2.35. The number of benzene rings is 1. The number of nitrogens with one attached hydrogen (secondary N) is 2. The molecule has 1 aliphatic carbocycles. The molecule has 216 valence electrons. The number of rotatable bonds is 7. The molecular weight excluding hydrogens is 510 g/mol. The van der Waals surface area contributed by atoms with Gasteiger partial charge in [0.25, 0.3) is 5.91 Å². The van der Waals surface area contributed by atoms with E-state index in [9.17, 15) is 13.2 Å². The second-order valence-electron chi connectivity index (χ2n) is 13.4. The van der Waals surface area contributed by atoms with Crippen LogP contribution in [-0.2, 0) is 26.7 Å². The number of hydrogen-bond acceptors (Lipinski definition) is 4. The highest BCUT2D eigenvalue weighted by molar-refractivity contribution is 7.89. The van der Waals surface area contributed by atoms with Crippen LogP contribution in [0, 0.1) is 5.92 Å². The Balaban J connectivity index is 1.74. The van der Waals surface area contributed by atoms with Crippen LogP contribution in [0.2, 0.25) is 0 Å². The maximum Gasteiger partial charge on any atom is 0.253 e. The molecule has 1 aromatic heterocycles. The molecule has 0 atom stereocenters. The number of carbonyl (C=O) groups excluding carboxylic acids is 1. The Labute approximate surface area is 235 Å². The van der Waals surface area contributed by atoms with Gasteiger partial charge in [-0.2, -0.15) is 0 Å². The zero-order chi connectivity index (χ0) is 28.4. The molecule has 0 spiro atoms. The van der Waals surface area contributed by atoms with Crippen LogP contribution in [0.5, 0.6) is 0 Å². The van der Waals surface area contributed by atoms with Gasteiger partial charge in [0.15, 0.2) is 0 Å². The highest BCUT2D eigenvalue weighted by atomic mass is 32.2. The average Bonchev–Trinajstić information content (AvgIpc) is 3.27. The van der Waals surface area contributed by atoms with Crippen LogP contribution in [0.25, 0.3) is 11.3 Å². The first-order valence-electron chi connectivity index (χ1n) is 14.5. The molecule has 1 aliphatic heterocycles. The largest absolute Gasteiger partial charge is 0.381 e. The van der Waals surface area contributed by atoms with Gasteiger partial charge in [0.2, 0.25) is 10.0 Å². The molecule has 2 aromatic rings. The third-order valence-corrected chi connectivity index (χ3v) is 9.52. The molecular formula is C31H47N3O4S. The second-order valence-corrected chi connectivity index (χ2v) is 15.1. The van der Waals surface area contributed by atoms with Crippen molar-refractivity contribution in [1.29, 1.82) is 0 Å². The van der Waals surface area contributed by atoms with E-state index in [2.05, 4.69) is 14.6 Å². The summed E-state index contributed by atoms with van der Waals surface area (Å²) in [6.45, 7) is 13.9. The van der Waals surface area contributed by atoms with Gasteiger partial charge in [-0.15, -0.1) is 0 Å². The maximum atomic E-state index is 13.4. The number of nitrogens with zero attached hydrogens (tertiary/aromatic N) is 1. The van der Waals surface area contributed by atoms with E-state index in [4.69, 9.17) is 4.74 Å². The molecule has 1 saturated heterocycles. The van der Waals surface area contributed by atoms with E-state index >= 15 is 0 Å². The van der Waals surface area contributed by atoms with E-state index < -0.39 is 21.0 Å². The van der Waals surface area contributed by atoms with Crippen molar-refractivity contribution in [3.63, 3.8) is 0 Å². The fourth-order valence-corrected chi connectivity index (χ4v) is 7.57. The molecule has 0 bridgehead atoms. The molecule has 2 N–H and O–H groups in total. The summed E-state index contributed by atoms with van der Waals surface area (Å²) in [5.41, 5.74) is 2.30. The van der Waals surface area contributed by atoms with Crippen LogP contribution in [0.1, 0.15) is 102 Å². The molecule has 2 heterocycles. The first-order chi connectivity index (χ1) is 18.2. The zero-order valence-corrected chi connectivity index (χ0v) is 25.4. The Bertz CT molecular complexity index is 1260. The minimum Gasteiger partial charge on any atom is -0.381 e. The predicted octanol–water partition coefficient (Wildman–Crippen LogP) is 6.02. The third-order valence-electron chi connectivity index (χ3n) is 7.71.